The van der Waals surface area contributed by atoms with Crippen LogP contribution in [0.25, 0.3) is 0 Å². The average molecular weight is 436 g/mol. The molecule has 4 aliphatic rings. The molecule has 0 unspecified atom stereocenters. The molecule has 5 nitrogen and oxygen atoms in total. The lowest BCUT2D eigenvalue weighted by atomic mass is 9.44. The van der Waals surface area contributed by atoms with Crippen LogP contribution in [0.1, 0.15) is 82.5 Å². The second kappa shape index (κ2) is 8.09. The molecule has 1 amide bonds. The fourth-order valence-corrected chi connectivity index (χ4v) is 8.13. The molecular weight excluding hydrogens is 398 g/mol. The fraction of sp³-hybridized carbons (Fsp3) is 0.667. The highest BCUT2D eigenvalue weighted by Crippen LogP contribution is 2.66. The maximum Gasteiger partial charge on any atom is 0.271 e. The first-order valence-electron chi connectivity index (χ1n) is 12.5. The lowest BCUT2D eigenvalue weighted by molar-refractivity contribution is -0.117. The Kier molecular flexibility index (Phi) is 5.51. The number of amides is 1. The van der Waals surface area contributed by atoms with Crippen LogP contribution in [-0.4, -0.2) is 27.8 Å². The molecule has 0 aromatic carbocycles. The van der Waals surface area contributed by atoms with Gasteiger partial charge < -0.3 is 5.11 Å². The number of rotatable bonds is 3. The Balaban J connectivity index is 1.32. The van der Waals surface area contributed by atoms with Gasteiger partial charge in [-0.05, 0) is 110 Å². The molecule has 2 N–H and O–H groups in total. The molecule has 4 aliphatic carbocycles. The highest BCUT2D eigenvalue weighted by molar-refractivity contribution is 6.01. The molecule has 3 fully saturated rings. The molecular formula is C27H37N3O2. The third kappa shape index (κ3) is 3.44. The molecule has 0 saturated heterocycles. The molecule has 32 heavy (non-hydrogen) atoms. The third-order valence-corrected chi connectivity index (χ3v) is 9.88. The topological polar surface area (TPSA) is 74.6 Å². The van der Waals surface area contributed by atoms with E-state index in [1.165, 1.54) is 37.7 Å². The Bertz CT molecular complexity index is 941. The Hall–Kier alpha value is -2.01. The maximum atomic E-state index is 12.4. The molecule has 0 aliphatic heterocycles. The van der Waals surface area contributed by atoms with E-state index in [0.717, 1.165) is 36.8 Å². The van der Waals surface area contributed by atoms with Gasteiger partial charge in [0.15, 0.2) is 0 Å². The molecule has 1 aromatic heterocycles. The van der Waals surface area contributed by atoms with Gasteiger partial charge in [0, 0.05) is 18.0 Å². The van der Waals surface area contributed by atoms with Gasteiger partial charge in [-0.2, -0.15) is 5.10 Å². The zero-order valence-corrected chi connectivity index (χ0v) is 19.7. The summed E-state index contributed by atoms with van der Waals surface area (Å²) in [6, 6.07) is 3.41. The normalized spacial score (nSPS) is 41.2. The van der Waals surface area contributed by atoms with Gasteiger partial charge >= 0.3 is 0 Å². The van der Waals surface area contributed by atoms with Crippen molar-refractivity contribution in [3.05, 3.63) is 41.7 Å². The number of aliphatic hydroxyl groups excluding tert-OH is 1. The number of hydrogen-bond acceptors (Lipinski definition) is 4. The van der Waals surface area contributed by atoms with Gasteiger partial charge in [-0.3, -0.25) is 9.78 Å². The predicted octanol–water partition coefficient (Wildman–Crippen LogP) is 5.13. The van der Waals surface area contributed by atoms with E-state index >= 15 is 0 Å². The monoisotopic (exact) mass is 435 g/mol. The molecule has 1 heterocycles. The van der Waals surface area contributed by atoms with Gasteiger partial charge in [0.05, 0.1) is 11.8 Å². The Morgan fingerprint density at radius 3 is 2.69 bits per heavy atom. The molecule has 0 radical (unpaired) electrons. The first-order valence-corrected chi connectivity index (χ1v) is 12.5. The van der Waals surface area contributed by atoms with Crippen LogP contribution in [0.2, 0.25) is 0 Å². The van der Waals surface area contributed by atoms with Crippen LogP contribution < -0.4 is 5.43 Å². The van der Waals surface area contributed by atoms with Gasteiger partial charge in [0.2, 0.25) is 0 Å². The van der Waals surface area contributed by atoms with Crippen molar-refractivity contribution in [1.82, 2.24) is 10.4 Å². The minimum Gasteiger partial charge on any atom is -0.393 e. The fourth-order valence-electron chi connectivity index (χ4n) is 8.13. The second-order valence-electron chi connectivity index (χ2n) is 11.3. The largest absolute Gasteiger partial charge is 0.393 e. The van der Waals surface area contributed by atoms with Crippen LogP contribution in [0, 0.1) is 34.5 Å². The maximum absolute atomic E-state index is 12.4. The lowest BCUT2D eigenvalue weighted by Gasteiger charge is -2.60. The number of pyridine rings is 1. The van der Waals surface area contributed by atoms with E-state index in [-0.39, 0.29) is 17.4 Å². The van der Waals surface area contributed by atoms with Crippen LogP contribution in [0.15, 0.2) is 41.3 Å². The highest BCUT2D eigenvalue weighted by atomic mass is 16.3. The number of fused-ring (bicyclic) bond motifs is 5. The molecule has 0 spiro atoms. The summed E-state index contributed by atoms with van der Waals surface area (Å²) in [7, 11) is 0. The van der Waals surface area contributed by atoms with E-state index in [2.05, 4.69) is 35.4 Å². The van der Waals surface area contributed by atoms with Crippen molar-refractivity contribution in [2.45, 2.75) is 78.2 Å². The van der Waals surface area contributed by atoms with Crippen LogP contribution >= 0.6 is 0 Å². The number of nitrogens with one attached hydrogen (secondary N) is 1. The summed E-state index contributed by atoms with van der Waals surface area (Å²) < 4.78 is 0. The number of nitrogens with zero attached hydrogens (tertiary/aromatic N) is 2. The van der Waals surface area contributed by atoms with E-state index < -0.39 is 0 Å². The number of carbonyl (C=O) groups is 1. The number of carbonyl (C=O) groups excluding carboxylic acids is 1. The Labute approximate surface area is 191 Å². The minimum atomic E-state index is -0.193. The summed E-state index contributed by atoms with van der Waals surface area (Å²) in [6.07, 6.45) is 14.9. The zero-order chi connectivity index (χ0) is 22.5. The number of aliphatic hydroxyl groups is 1. The average Bonchev–Trinajstić information content (AvgIpc) is 3.15. The van der Waals surface area contributed by atoms with Crippen molar-refractivity contribution < 1.29 is 9.90 Å². The minimum absolute atomic E-state index is 0.0838. The van der Waals surface area contributed by atoms with Crippen molar-refractivity contribution in [2.75, 3.05) is 0 Å². The molecule has 3 saturated carbocycles. The van der Waals surface area contributed by atoms with Crippen molar-refractivity contribution >= 4 is 11.6 Å². The van der Waals surface area contributed by atoms with E-state index in [0.29, 0.717) is 22.8 Å². The first kappa shape index (κ1) is 21.8. The molecule has 1 aromatic rings. The standard InChI is InChI=1S/C27H37N3O2/c1-17(29-30-25(32)18-10-14-28-15-11-18)22-6-7-23-21-5-4-19-16-20(31)8-12-26(19,2)24(21)9-13-27(22,23)3/h6,10-11,14-15,19-21,23-24,31H,4-5,7-9,12-13,16H2,1-3H3,(H,30,32)/b29-17-/t19-,20-,21-,23+,24+,26-,27+/m0/s1. The smallest absolute Gasteiger partial charge is 0.271 e. The zero-order valence-electron chi connectivity index (χ0n) is 19.7. The lowest BCUT2D eigenvalue weighted by Crippen LogP contribution is -2.53. The first-order chi connectivity index (χ1) is 15.3. The Morgan fingerprint density at radius 2 is 1.91 bits per heavy atom. The summed E-state index contributed by atoms with van der Waals surface area (Å²) in [6.45, 7) is 7.02. The second-order valence-corrected chi connectivity index (χ2v) is 11.3. The summed E-state index contributed by atoms with van der Waals surface area (Å²) in [4.78, 5) is 16.4. The van der Waals surface area contributed by atoms with Crippen LogP contribution in [-0.2, 0) is 0 Å². The van der Waals surface area contributed by atoms with Gasteiger partial charge in [-0.25, -0.2) is 5.43 Å². The number of allylic oxidation sites excluding steroid dienone is 2. The number of aromatic nitrogens is 1. The number of hydrogen-bond donors (Lipinski definition) is 2. The molecule has 5 heteroatoms. The summed E-state index contributed by atoms with van der Waals surface area (Å²) >= 11 is 0. The van der Waals surface area contributed by atoms with E-state index in [1.807, 2.05) is 6.92 Å². The highest BCUT2D eigenvalue weighted by Gasteiger charge is 2.58. The molecule has 172 valence electrons. The van der Waals surface area contributed by atoms with Gasteiger partial charge in [0.1, 0.15) is 0 Å². The van der Waals surface area contributed by atoms with Gasteiger partial charge in [0.25, 0.3) is 5.91 Å². The quantitative estimate of drug-likeness (QED) is 0.511. The van der Waals surface area contributed by atoms with Crippen LogP contribution in [0.3, 0.4) is 0 Å². The van der Waals surface area contributed by atoms with E-state index in [1.54, 1.807) is 24.5 Å². The SMILES string of the molecule is C/C(=N/NC(=O)c1ccncc1)C1=CC[C@@H]2[C@@H]3CC[C@H]4C[C@@H](O)CC[C@]4(C)[C@@H]3CC[C@]12C. The van der Waals surface area contributed by atoms with Crippen molar-refractivity contribution in [3.63, 3.8) is 0 Å². The van der Waals surface area contributed by atoms with Gasteiger partial charge in [-0.1, -0.05) is 19.9 Å². The molecule has 5 rings (SSSR count). The summed E-state index contributed by atoms with van der Waals surface area (Å²) in [5.41, 5.74) is 6.14. The Morgan fingerprint density at radius 1 is 1.12 bits per heavy atom. The van der Waals surface area contributed by atoms with Crippen molar-refractivity contribution in [1.29, 1.82) is 0 Å². The van der Waals surface area contributed by atoms with Crippen molar-refractivity contribution in [2.24, 2.45) is 39.6 Å². The number of hydrazone groups is 1. The molecule has 7 atom stereocenters. The summed E-state index contributed by atoms with van der Waals surface area (Å²) in [5.74, 6) is 2.71. The van der Waals surface area contributed by atoms with Crippen LogP contribution in [0.5, 0.6) is 0 Å². The molecule has 0 bridgehead atoms. The summed E-state index contributed by atoms with van der Waals surface area (Å²) in [5, 5.41) is 14.8. The van der Waals surface area contributed by atoms with Gasteiger partial charge in [-0.15, -0.1) is 0 Å². The van der Waals surface area contributed by atoms with Crippen molar-refractivity contribution in [3.8, 4) is 0 Å². The van der Waals surface area contributed by atoms with E-state index in [9.17, 15) is 9.90 Å². The van der Waals surface area contributed by atoms with Crippen LogP contribution in [0.4, 0.5) is 0 Å². The third-order valence-electron chi connectivity index (χ3n) is 9.88. The van der Waals surface area contributed by atoms with E-state index in [4.69, 9.17) is 0 Å². The predicted molar refractivity (Wildman–Crippen MR) is 126 cm³/mol.